The molecule has 2 amide bonds. The molecule has 0 aliphatic carbocycles. The molecule has 33 heavy (non-hydrogen) atoms. The number of methoxy groups -OCH3 is 1. The Kier molecular flexibility index (Phi) is 9.63. The number of halogens is 1. The number of nitrogens with one attached hydrogen (secondary N) is 1. The van der Waals surface area contributed by atoms with E-state index < -0.39 is 5.25 Å². The molecule has 1 atom stereocenters. The number of amides is 2. The summed E-state index contributed by atoms with van der Waals surface area (Å²) in [6.07, 6.45) is 5.61. The van der Waals surface area contributed by atoms with Gasteiger partial charge in [0.05, 0.1) is 12.8 Å². The Balaban J connectivity index is 1.76. The van der Waals surface area contributed by atoms with Crippen molar-refractivity contribution in [3.05, 3.63) is 53.6 Å². The number of carbonyl (C=O) groups is 2. The summed E-state index contributed by atoms with van der Waals surface area (Å²) < 4.78 is 5.22. The van der Waals surface area contributed by atoms with Crippen molar-refractivity contribution in [1.29, 1.82) is 0 Å². The standard InChI is InChI=1S/C25H30ClN3O3S/c1-3-4-5-6-7-14-29-23(30)17-22(24(31)27-20-12-9-13-21(16-20)32-2)33-25(29)28-19-11-8-10-18(26)15-19/h8-13,15-16,22H,3-7,14,17H2,1-2H3,(H,27,31). The van der Waals surface area contributed by atoms with Crippen molar-refractivity contribution < 1.29 is 14.3 Å². The van der Waals surface area contributed by atoms with Gasteiger partial charge in [-0.1, -0.05) is 68.1 Å². The molecule has 0 saturated carbocycles. The summed E-state index contributed by atoms with van der Waals surface area (Å²) >= 11 is 7.44. The van der Waals surface area contributed by atoms with Crippen molar-refractivity contribution >= 4 is 51.7 Å². The summed E-state index contributed by atoms with van der Waals surface area (Å²) in [6.45, 7) is 2.77. The third-order valence-electron chi connectivity index (χ3n) is 5.29. The molecule has 1 heterocycles. The highest BCUT2D eigenvalue weighted by Gasteiger charge is 2.35. The first-order valence-electron chi connectivity index (χ1n) is 11.3. The van der Waals surface area contributed by atoms with Gasteiger partial charge in [0, 0.05) is 29.7 Å². The van der Waals surface area contributed by atoms with Gasteiger partial charge in [0.2, 0.25) is 11.8 Å². The van der Waals surface area contributed by atoms with Crippen LogP contribution in [-0.4, -0.2) is 40.8 Å². The summed E-state index contributed by atoms with van der Waals surface area (Å²) in [5, 5.41) is 3.43. The molecule has 0 aromatic heterocycles. The molecule has 2 aromatic carbocycles. The fraction of sp³-hybridized carbons (Fsp3) is 0.400. The molecule has 0 radical (unpaired) electrons. The molecule has 0 spiro atoms. The third kappa shape index (κ3) is 7.51. The second-order valence-electron chi connectivity index (χ2n) is 7.87. The van der Waals surface area contributed by atoms with Crippen LogP contribution in [0.25, 0.3) is 0 Å². The van der Waals surface area contributed by atoms with Crippen molar-refractivity contribution in [3.8, 4) is 5.75 Å². The number of aliphatic imine (C=N–C) groups is 1. The fourth-order valence-corrected chi connectivity index (χ4v) is 4.82. The predicted octanol–water partition coefficient (Wildman–Crippen LogP) is 6.28. The Morgan fingerprint density at radius 3 is 2.73 bits per heavy atom. The van der Waals surface area contributed by atoms with Gasteiger partial charge in [-0.15, -0.1) is 0 Å². The van der Waals surface area contributed by atoms with Gasteiger partial charge in [0.25, 0.3) is 0 Å². The number of rotatable bonds is 10. The fourth-order valence-electron chi connectivity index (χ4n) is 3.51. The van der Waals surface area contributed by atoms with E-state index in [1.165, 1.54) is 24.6 Å². The Morgan fingerprint density at radius 1 is 1.18 bits per heavy atom. The van der Waals surface area contributed by atoms with Gasteiger partial charge in [-0.05, 0) is 36.8 Å². The molecular weight excluding hydrogens is 458 g/mol. The maximum absolute atomic E-state index is 13.1. The SMILES string of the molecule is CCCCCCCN1C(=O)CC(C(=O)Nc2cccc(OC)c2)SC1=Nc1cccc(Cl)c1. The minimum absolute atomic E-state index is 0.0872. The number of unbranched alkanes of at least 4 members (excludes halogenated alkanes) is 4. The number of hydrogen-bond donors (Lipinski definition) is 1. The Labute approximate surface area is 204 Å². The van der Waals surface area contributed by atoms with Gasteiger partial charge in [-0.3, -0.25) is 14.5 Å². The summed E-state index contributed by atoms with van der Waals surface area (Å²) in [5.41, 5.74) is 1.28. The Bertz CT molecular complexity index is 998. The molecule has 1 saturated heterocycles. The van der Waals surface area contributed by atoms with E-state index in [1.54, 1.807) is 42.3 Å². The van der Waals surface area contributed by atoms with E-state index in [9.17, 15) is 9.59 Å². The molecule has 176 valence electrons. The van der Waals surface area contributed by atoms with Gasteiger partial charge in [0.1, 0.15) is 11.0 Å². The van der Waals surface area contributed by atoms with Crippen LogP contribution in [-0.2, 0) is 9.59 Å². The first-order valence-corrected chi connectivity index (χ1v) is 12.5. The molecule has 8 heteroatoms. The van der Waals surface area contributed by atoms with Crippen LogP contribution in [0.5, 0.6) is 5.75 Å². The average molecular weight is 488 g/mol. The lowest BCUT2D eigenvalue weighted by Gasteiger charge is -2.32. The summed E-state index contributed by atoms with van der Waals surface area (Å²) in [4.78, 5) is 32.4. The molecule has 3 rings (SSSR count). The van der Waals surface area contributed by atoms with E-state index >= 15 is 0 Å². The minimum atomic E-state index is -0.571. The number of nitrogens with zero attached hydrogens (tertiary/aromatic N) is 2. The third-order valence-corrected chi connectivity index (χ3v) is 6.71. The second kappa shape index (κ2) is 12.7. The Morgan fingerprint density at radius 2 is 1.97 bits per heavy atom. The van der Waals surface area contributed by atoms with Crippen molar-refractivity contribution in [1.82, 2.24) is 4.90 Å². The molecular formula is C25H30ClN3O3S. The normalized spacial score (nSPS) is 17.3. The van der Waals surface area contributed by atoms with Crippen LogP contribution >= 0.6 is 23.4 Å². The van der Waals surface area contributed by atoms with Gasteiger partial charge in [-0.2, -0.15) is 0 Å². The highest BCUT2D eigenvalue weighted by molar-refractivity contribution is 8.15. The van der Waals surface area contributed by atoms with Crippen LogP contribution in [0.3, 0.4) is 0 Å². The number of thioether (sulfide) groups is 1. The van der Waals surface area contributed by atoms with Crippen molar-refractivity contribution in [2.24, 2.45) is 4.99 Å². The highest BCUT2D eigenvalue weighted by Crippen LogP contribution is 2.31. The lowest BCUT2D eigenvalue weighted by atomic mass is 10.1. The monoisotopic (exact) mass is 487 g/mol. The highest BCUT2D eigenvalue weighted by atomic mass is 35.5. The van der Waals surface area contributed by atoms with E-state index in [4.69, 9.17) is 21.3 Å². The van der Waals surface area contributed by atoms with Crippen molar-refractivity contribution in [2.75, 3.05) is 19.0 Å². The minimum Gasteiger partial charge on any atom is -0.497 e. The number of anilines is 1. The zero-order valence-corrected chi connectivity index (χ0v) is 20.6. The van der Waals surface area contributed by atoms with Crippen LogP contribution in [0.4, 0.5) is 11.4 Å². The lowest BCUT2D eigenvalue weighted by molar-refractivity contribution is -0.129. The number of hydrogen-bond acceptors (Lipinski definition) is 5. The van der Waals surface area contributed by atoms with E-state index in [2.05, 4.69) is 12.2 Å². The zero-order valence-electron chi connectivity index (χ0n) is 19.1. The molecule has 2 aromatic rings. The van der Waals surface area contributed by atoms with Crippen LogP contribution < -0.4 is 10.1 Å². The number of amidine groups is 1. The molecule has 1 N–H and O–H groups in total. The largest absolute Gasteiger partial charge is 0.497 e. The van der Waals surface area contributed by atoms with Crippen LogP contribution in [0.1, 0.15) is 45.4 Å². The van der Waals surface area contributed by atoms with E-state index in [0.29, 0.717) is 33.9 Å². The van der Waals surface area contributed by atoms with Crippen molar-refractivity contribution in [3.63, 3.8) is 0 Å². The first kappa shape index (κ1) is 25.1. The van der Waals surface area contributed by atoms with Crippen LogP contribution in [0.2, 0.25) is 5.02 Å². The Hall–Kier alpha value is -2.51. The van der Waals surface area contributed by atoms with Crippen LogP contribution in [0, 0.1) is 0 Å². The lowest BCUT2D eigenvalue weighted by Crippen LogP contribution is -2.45. The number of benzene rings is 2. The molecule has 1 aliphatic rings. The second-order valence-corrected chi connectivity index (χ2v) is 9.47. The van der Waals surface area contributed by atoms with Crippen molar-refractivity contribution in [2.45, 2.75) is 50.7 Å². The molecule has 0 bridgehead atoms. The maximum atomic E-state index is 13.1. The smallest absolute Gasteiger partial charge is 0.238 e. The first-order chi connectivity index (χ1) is 16.0. The summed E-state index contributed by atoms with van der Waals surface area (Å²) in [5.74, 6) is 0.330. The topological polar surface area (TPSA) is 71.0 Å². The maximum Gasteiger partial charge on any atom is 0.238 e. The quantitative estimate of drug-likeness (QED) is 0.400. The zero-order chi connectivity index (χ0) is 23.6. The average Bonchev–Trinajstić information content (AvgIpc) is 2.80. The van der Waals surface area contributed by atoms with Gasteiger partial charge < -0.3 is 10.1 Å². The molecule has 1 fully saturated rings. The van der Waals surface area contributed by atoms with Crippen LogP contribution in [0.15, 0.2) is 53.5 Å². The molecule has 6 nitrogen and oxygen atoms in total. The summed E-state index contributed by atoms with van der Waals surface area (Å²) in [7, 11) is 1.58. The number of carbonyl (C=O) groups excluding carboxylic acids is 2. The predicted molar refractivity (Wildman–Crippen MR) is 137 cm³/mol. The molecule has 1 aliphatic heterocycles. The van der Waals surface area contributed by atoms with Gasteiger partial charge >= 0.3 is 0 Å². The molecule has 1 unspecified atom stereocenters. The van der Waals surface area contributed by atoms with Gasteiger partial charge in [-0.25, -0.2) is 4.99 Å². The van der Waals surface area contributed by atoms with E-state index in [-0.39, 0.29) is 18.2 Å². The van der Waals surface area contributed by atoms with E-state index in [0.717, 1.165) is 19.3 Å². The summed E-state index contributed by atoms with van der Waals surface area (Å²) in [6, 6.07) is 14.3. The number of ether oxygens (including phenoxy) is 1. The van der Waals surface area contributed by atoms with E-state index in [1.807, 2.05) is 18.2 Å². The van der Waals surface area contributed by atoms with Gasteiger partial charge in [0.15, 0.2) is 5.17 Å².